The molecule has 1 fully saturated rings. The summed E-state index contributed by atoms with van der Waals surface area (Å²) in [6, 6.07) is 1.49. The number of aromatic nitrogens is 1. The fourth-order valence-electron chi connectivity index (χ4n) is 2.84. The number of rotatable bonds is 5. The molecule has 0 bridgehead atoms. The van der Waals surface area contributed by atoms with Crippen LogP contribution >= 0.6 is 11.3 Å². The van der Waals surface area contributed by atoms with Crippen LogP contribution in [0.15, 0.2) is 17.3 Å². The molecule has 1 aliphatic heterocycles. The number of ether oxygens (including phenoxy) is 1. The Labute approximate surface area is 150 Å². The van der Waals surface area contributed by atoms with Crippen molar-refractivity contribution in [3.63, 3.8) is 0 Å². The van der Waals surface area contributed by atoms with E-state index in [9.17, 15) is 22.9 Å². The van der Waals surface area contributed by atoms with Crippen LogP contribution in [0.5, 0.6) is 0 Å². The maximum atomic E-state index is 12.9. The number of nitroso groups, excluding NO2 is 1. The third-order valence-corrected chi connectivity index (χ3v) is 5.36. The molecule has 3 rings (SSSR count). The SMILES string of the molecule is O=Nc1cc(C(F)(F)F)cc2nc(C(=O)NCCC3CCOCC3)sc12. The molecule has 10 heteroatoms. The second-order valence-electron chi connectivity index (χ2n) is 6.05. The molecule has 1 aromatic heterocycles. The van der Waals surface area contributed by atoms with Crippen LogP contribution in [0.25, 0.3) is 10.2 Å². The molecule has 0 spiro atoms. The highest BCUT2D eigenvalue weighted by molar-refractivity contribution is 7.20. The van der Waals surface area contributed by atoms with Crippen LogP contribution in [0.3, 0.4) is 0 Å². The molecule has 0 saturated carbocycles. The number of benzene rings is 1. The Morgan fingerprint density at radius 1 is 1.35 bits per heavy atom. The highest BCUT2D eigenvalue weighted by Crippen LogP contribution is 2.38. The average molecular weight is 387 g/mol. The maximum Gasteiger partial charge on any atom is 0.416 e. The number of thiazole rings is 1. The van der Waals surface area contributed by atoms with Crippen LogP contribution in [0.2, 0.25) is 0 Å². The fraction of sp³-hybridized carbons (Fsp3) is 0.500. The molecule has 1 aliphatic rings. The molecule has 6 nitrogen and oxygen atoms in total. The zero-order valence-electron chi connectivity index (χ0n) is 13.6. The molecule has 1 saturated heterocycles. The first-order valence-electron chi connectivity index (χ1n) is 8.09. The van der Waals surface area contributed by atoms with Crippen molar-refractivity contribution in [2.75, 3.05) is 19.8 Å². The third-order valence-electron chi connectivity index (χ3n) is 4.27. The van der Waals surface area contributed by atoms with Gasteiger partial charge >= 0.3 is 6.18 Å². The van der Waals surface area contributed by atoms with E-state index in [0.717, 1.165) is 49.9 Å². The summed E-state index contributed by atoms with van der Waals surface area (Å²) in [6.45, 7) is 1.89. The standard InChI is InChI=1S/C16H16F3N3O3S/c17-16(18,19)10-7-11-13(12(8-10)22-24)26-15(21-11)14(23)20-4-1-9-2-5-25-6-3-9/h7-9H,1-6H2,(H,20,23). The molecule has 140 valence electrons. The molecule has 2 heterocycles. The second-order valence-corrected chi connectivity index (χ2v) is 7.05. The molecule has 0 radical (unpaired) electrons. The minimum Gasteiger partial charge on any atom is -0.381 e. The molecule has 2 aromatic rings. The highest BCUT2D eigenvalue weighted by atomic mass is 32.1. The van der Waals surface area contributed by atoms with Crippen molar-refractivity contribution >= 4 is 33.1 Å². The average Bonchev–Trinajstić information content (AvgIpc) is 3.05. The van der Waals surface area contributed by atoms with Crippen molar-refractivity contribution < 1.29 is 22.7 Å². The molecule has 1 aromatic carbocycles. The number of alkyl halides is 3. The summed E-state index contributed by atoms with van der Waals surface area (Å²) < 4.78 is 44.1. The van der Waals surface area contributed by atoms with Gasteiger partial charge in [0.25, 0.3) is 5.91 Å². The lowest BCUT2D eigenvalue weighted by Gasteiger charge is -2.21. The van der Waals surface area contributed by atoms with Gasteiger partial charge in [0.1, 0.15) is 5.69 Å². The van der Waals surface area contributed by atoms with Crippen LogP contribution in [-0.4, -0.2) is 30.6 Å². The van der Waals surface area contributed by atoms with Crippen LogP contribution in [0.4, 0.5) is 18.9 Å². The van der Waals surface area contributed by atoms with E-state index >= 15 is 0 Å². The number of nitrogens with one attached hydrogen (secondary N) is 1. The van der Waals surface area contributed by atoms with Crippen molar-refractivity contribution in [3.8, 4) is 0 Å². The number of carbonyl (C=O) groups is 1. The lowest BCUT2D eigenvalue weighted by molar-refractivity contribution is -0.137. The van der Waals surface area contributed by atoms with Gasteiger partial charge in [-0.2, -0.15) is 13.2 Å². The topological polar surface area (TPSA) is 80.7 Å². The van der Waals surface area contributed by atoms with E-state index < -0.39 is 17.6 Å². The molecule has 0 aliphatic carbocycles. The molecular formula is C16H16F3N3O3S. The molecule has 0 unspecified atom stereocenters. The normalized spacial score (nSPS) is 16.0. The number of fused-ring (bicyclic) bond motifs is 1. The second kappa shape index (κ2) is 7.67. The van der Waals surface area contributed by atoms with E-state index in [1.54, 1.807) is 0 Å². The quantitative estimate of drug-likeness (QED) is 0.778. The van der Waals surface area contributed by atoms with Gasteiger partial charge in [-0.1, -0.05) is 0 Å². The van der Waals surface area contributed by atoms with Crippen molar-refractivity contribution in [1.82, 2.24) is 10.3 Å². The highest BCUT2D eigenvalue weighted by Gasteiger charge is 2.32. The van der Waals surface area contributed by atoms with E-state index in [0.29, 0.717) is 18.5 Å². The number of amides is 1. The summed E-state index contributed by atoms with van der Waals surface area (Å²) in [6.07, 6.45) is -1.92. The van der Waals surface area contributed by atoms with Gasteiger partial charge < -0.3 is 10.1 Å². The first-order valence-corrected chi connectivity index (χ1v) is 8.91. The van der Waals surface area contributed by atoms with Crippen molar-refractivity contribution in [3.05, 3.63) is 27.6 Å². The van der Waals surface area contributed by atoms with Crippen LogP contribution in [-0.2, 0) is 10.9 Å². The Balaban J connectivity index is 1.73. The Morgan fingerprint density at radius 2 is 2.08 bits per heavy atom. The summed E-state index contributed by atoms with van der Waals surface area (Å²) in [4.78, 5) is 27.0. The largest absolute Gasteiger partial charge is 0.416 e. The van der Waals surface area contributed by atoms with E-state index in [-0.39, 0.29) is 20.9 Å². The first kappa shape index (κ1) is 18.7. The molecule has 26 heavy (non-hydrogen) atoms. The van der Waals surface area contributed by atoms with E-state index in [1.807, 2.05) is 0 Å². The number of hydrogen-bond acceptors (Lipinski definition) is 6. The number of halogens is 3. The predicted molar refractivity (Wildman–Crippen MR) is 90.6 cm³/mol. The van der Waals surface area contributed by atoms with Gasteiger partial charge in [0.2, 0.25) is 0 Å². The Bertz CT molecular complexity index is 816. The van der Waals surface area contributed by atoms with Gasteiger partial charge in [-0.3, -0.25) is 4.79 Å². The monoisotopic (exact) mass is 387 g/mol. The Hall–Kier alpha value is -2.07. The maximum absolute atomic E-state index is 12.9. The van der Waals surface area contributed by atoms with Gasteiger partial charge in [0.05, 0.1) is 15.8 Å². The minimum atomic E-state index is -4.62. The zero-order chi connectivity index (χ0) is 18.7. The Morgan fingerprint density at radius 3 is 2.73 bits per heavy atom. The van der Waals surface area contributed by atoms with Crippen molar-refractivity contribution in [1.29, 1.82) is 0 Å². The summed E-state index contributed by atoms with van der Waals surface area (Å²) in [5.41, 5.74) is -1.45. The summed E-state index contributed by atoms with van der Waals surface area (Å²) in [7, 11) is 0. The third kappa shape index (κ3) is 4.18. The first-order chi connectivity index (χ1) is 12.4. The fourth-order valence-corrected chi connectivity index (χ4v) is 3.76. The number of carbonyl (C=O) groups excluding carboxylic acids is 1. The summed E-state index contributed by atoms with van der Waals surface area (Å²) in [5.74, 6) is 0.0169. The Kier molecular flexibility index (Phi) is 5.52. The van der Waals surface area contributed by atoms with E-state index in [1.165, 1.54) is 0 Å². The van der Waals surface area contributed by atoms with Crippen molar-refractivity contribution in [2.24, 2.45) is 11.1 Å². The lowest BCUT2D eigenvalue weighted by Crippen LogP contribution is -2.27. The van der Waals surface area contributed by atoms with Crippen LogP contribution < -0.4 is 5.32 Å². The number of nitrogens with zero attached hydrogens (tertiary/aromatic N) is 2. The molecule has 1 N–H and O–H groups in total. The molecular weight excluding hydrogens is 371 g/mol. The van der Waals surface area contributed by atoms with Gasteiger partial charge in [-0.15, -0.1) is 16.2 Å². The minimum absolute atomic E-state index is 0.0104. The lowest BCUT2D eigenvalue weighted by atomic mass is 9.97. The van der Waals surface area contributed by atoms with Gasteiger partial charge in [0, 0.05) is 19.8 Å². The van der Waals surface area contributed by atoms with E-state index in [2.05, 4.69) is 15.5 Å². The van der Waals surface area contributed by atoms with Gasteiger partial charge in [-0.25, -0.2) is 4.98 Å². The van der Waals surface area contributed by atoms with Crippen molar-refractivity contribution in [2.45, 2.75) is 25.4 Å². The summed E-state index contributed by atoms with van der Waals surface area (Å²) >= 11 is 0.858. The molecule has 1 amide bonds. The van der Waals surface area contributed by atoms with Gasteiger partial charge in [-0.05, 0) is 42.5 Å². The van der Waals surface area contributed by atoms with E-state index in [4.69, 9.17) is 4.74 Å². The van der Waals surface area contributed by atoms with Crippen LogP contribution in [0, 0.1) is 10.8 Å². The molecule has 0 atom stereocenters. The predicted octanol–water partition coefficient (Wildman–Crippen LogP) is 4.26. The smallest absolute Gasteiger partial charge is 0.381 e. The number of hydrogen-bond donors (Lipinski definition) is 1. The van der Waals surface area contributed by atoms with Crippen LogP contribution in [0.1, 0.15) is 34.6 Å². The summed E-state index contributed by atoms with van der Waals surface area (Å²) in [5, 5.41) is 5.38. The zero-order valence-corrected chi connectivity index (χ0v) is 14.5. The van der Waals surface area contributed by atoms with Gasteiger partial charge in [0.15, 0.2) is 5.01 Å².